The maximum absolute atomic E-state index is 9.40. The van der Waals surface area contributed by atoms with Crippen molar-refractivity contribution < 1.29 is 9.84 Å². The minimum Gasteiger partial charge on any atom is -0.394 e. The van der Waals surface area contributed by atoms with E-state index in [1.807, 2.05) is 0 Å². The van der Waals surface area contributed by atoms with Gasteiger partial charge in [-0.05, 0) is 31.7 Å². The van der Waals surface area contributed by atoms with Gasteiger partial charge in [-0.1, -0.05) is 12.8 Å². The lowest BCUT2D eigenvalue weighted by Gasteiger charge is -2.36. The normalized spacial score (nSPS) is 26.4. The van der Waals surface area contributed by atoms with Gasteiger partial charge in [0, 0.05) is 18.8 Å². The average molecular weight is 199 g/mol. The summed E-state index contributed by atoms with van der Waals surface area (Å²) in [5.74, 6) is 0.970. The van der Waals surface area contributed by atoms with Crippen molar-refractivity contribution in [2.75, 3.05) is 26.4 Å². The van der Waals surface area contributed by atoms with E-state index in [0.717, 1.165) is 38.5 Å². The van der Waals surface area contributed by atoms with Crippen LogP contribution in [0.1, 0.15) is 32.1 Å². The van der Waals surface area contributed by atoms with Crippen LogP contribution in [-0.2, 0) is 4.74 Å². The maximum Gasteiger partial charge on any atom is 0.0615 e. The van der Waals surface area contributed by atoms with Gasteiger partial charge in [-0.15, -0.1) is 0 Å². The molecule has 1 saturated carbocycles. The van der Waals surface area contributed by atoms with E-state index in [9.17, 15) is 5.11 Å². The molecule has 0 radical (unpaired) electrons. The molecule has 14 heavy (non-hydrogen) atoms. The Morgan fingerprint density at radius 1 is 1.29 bits per heavy atom. The number of rotatable bonds is 5. The molecule has 2 aliphatic rings. The van der Waals surface area contributed by atoms with E-state index >= 15 is 0 Å². The third-order valence-electron chi connectivity index (χ3n) is 3.50. The summed E-state index contributed by atoms with van der Waals surface area (Å²) in [4.78, 5) is 0. The highest BCUT2D eigenvalue weighted by atomic mass is 16.5. The second-order valence-electron chi connectivity index (χ2n) is 4.71. The van der Waals surface area contributed by atoms with E-state index in [-0.39, 0.29) is 12.1 Å². The number of ether oxygens (including phenoxy) is 1. The Hall–Kier alpha value is -0.120. The molecule has 1 saturated heterocycles. The molecule has 3 heteroatoms. The van der Waals surface area contributed by atoms with Gasteiger partial charge in [0.1, 0.15) is 0 Å². The standard InChI is InChI=1S/C11H21NO2/c13-9-11(4-7-14-8-5-11)12-6-3-10-1-2-10/h10,12-13H,1-9H2. The topological polar surface area (TPSA) is 41.5 Å². The van der Waals surface area contributed by atoms with E-state index in [4.69, 9.17) is 4.74 Å². The maximum atomic E-state index is 9.40. The highest BCUT2D eigenvalue weighted by Crippen LogP contribution is 2.32. The molecule has 2 rings (SSSR count). The fourth-order valence-electron chi connectivity index (χ4n) is 2.10. The molecular weight excluding hydrogens is 178 g/mol. The lowest BCUT2D eigenvalue weighted by molar-refractivity contribution is 0.0119. The zero-order chi connectivity index (χ0) is 9.86. The summed E-state index contributed by atoms with van der Waals surface area (Å²) in [6, 6.07) is 0. The number of aliphatic hydroxyl groups excluding tert-OH is 1. The lowest BCUT2D eigenvalue weighted by Crippen LogP contribution is -2.52. The van der Waals surface area contributed by atoms with E-state index in [1.54, 1.807) is 0 Å². The van der Waals surface area contributed by atoms with E-state index in [1.165, 1.54) is 19.3 Å². The number of hydrogen-bond donors (Lipinski definition) is 2. The molecule has 2 N–H and O–H groups in total. The minimum absolute atomic E-state index is 0.0346. The summed E-state index contributed by atoms with van der Waals surface area (Å²) < 4.78 is 5.32. The summed E-state index contributed by atoms with van der Waals surface area (Å²) in [5.41, 5.74) is -0.0346. The van der Waals surface area contributed by atoms with E-state index in [0.29, 0.717) is 0 Å². The van der Waals surface area contributed by atoms with Gasteiger partial charge < -0.3 is 15.2 Å². The molecule has 0 aromatic rings. The zero-order valence-corrected chi connectivity index (χ0v) is 8.80. The van der Waals surface area contributed by atoms with Crippen LogP contribution in [0.5, 0.6) is 0 Å². The van der Waals surface area contributed by atoms with Crippen LogP contribution in [0.4, 0.5) is 0 Å². The molecule has 1 heterocycles. The first-order valence-corrected chi connectivity index (χ1v) is 5.78. The Bertz CT molecular complexity index is 174. The fraction of sp³-hybridized carbons (Fsp3) is 1.00. The van der Waals surface area contributed by atoms with Crippen LogP contribution in [0.15, 0.2) is 0 Å². The first kappa shape index (κ1) is 10.4. The Balaban J connectivity index is 1.71. The summed E-state index contributed by atoms with van der Waals surface area (Å²) in [6.07, 6.45) is 6.01. The molecule has 0 aromatic heterocycles. The van der Waals surface area contributed by atoms with Gasteiger partial charge in [0.25, 0.3) is 0 Å². The first-order chi connectivity index (χ1) is 6.85. The van der Waals surface area contributed by atoms with Crippen molar-refractivity contribution in [1.82, 2.24) is 5.32 Å². The third kappa shape index (κ3) is 2.69. The molecular formula is C11H21NO2. The SMILES string of the molecule is OCC1(NCCC2CC2)CCOCC1. The first-order valence-electron chi connectivity index (χ1n) is 5.78. The highest BCUT2D eigenvalue weighted by molar-refractivity contribution is 4.90. The van der Waals surface area contributed by atoms with Crippen LogP contribution in [0, 0.1) is 5.92 Å². The average Bonchev–Trinajstić information content (AvgIpc) is 3.03. The minimum atomic E-state index is -0.0346. The molecule has 82 valence electrons. The molecule has 0 unspecified atom stereocenters. The van der Waals surface area contributed by atoms with Crippen molar-refractivity contribution in [3.8, 4) is 0 Å². The van der Waals surface area contributed by atoms with Crippen molar-refractivity contribution in [2.24, 2.45) is 5.92 Å². The summed E-state index contributed by atoms with van der Waals surface area (Å²) >= 11 is 0. The van der Waals surface area contributed by atoms with Crippen molar-refractivity contribution in [3.63, 3.8) is 0 Å². The molecule has 0 amide bonds. The highest BCUT2D eigenvalue weighted by Gasteiger charge is 2.31. The van der Waals surface area contributed by atoms with E-state index in [2.05, 4.69) is 5.32 Å². The van der Waals surface area contributed by atoms with Crippen LogP contribution in [-0.4, -0.2) is 37.0 Å². The van der Waals surface area contributed by atoms with Gasteiger partial charge in [0.05, 0.1) is 6.61 Å². The predicted octanol–water partition coefficient (Wildman–Crippen LogP) is 0.918. The van der Waals surface area contributed by atoms with Crippen LogP contribution in [0.3, 0.4) is 0 Å². The monoisotopic (exact) mass is 199 g/mol. The Labute approximate surface area is 85.8 Å². The van der Waals surface area contributed by atoms with Gasteiger partial charge in [0.15, 0.2) is 0 Å². The summed E-state index contributed by atoms with van der Waals surface area (Å²) in [6.45, 7) is 2.89. The fourth-order valence-corrected chi connectivity index (χ4v) is 2.10. The van der Waals surface area contributed by atoms with Gasteiger partial charge in [-0.2, -0.15) is 0 Å². The molecule has 1 aliphatic heterocycles. The second-order valence-corrected chi connectivity index (χ2v) is 4.71. The van der Waals surface area contributed by atoms with Crippen molar-refractivity contribution in [3.05, 3.63) is 0 Å². The van der Waals surface area contributed by atoms with Gasteiger partial charge >= 0.3 is 0 Å². The van der Waals surface area contributed by atoms with Crippen molar-refractivity contribution in [2.45, 2.75) is 37.6 Å². The molecule has 3 nitrogen and oxygen atoms in total. The largest absolute Gasteiger partial charge is 0.394 e. The molecule has 2 fully saturated rings. The van der Waals surface area contributed by atoms with Crippen LogP contribution < -0.4 is 5.32 Å². The van der Waals surface area contributed by atoms with Gasteiger partial charge in [-0.25, -0.2) is 0 Å². The Morgan fingerprint density at radius 3 is 2.57 bits per heavy atom. The van der Waals surface area contributed by atoms with Crippen LogP contribution in [0.25, 0.3) is 0 Å². The van der Waals surface area contributed by atoms with Gasteiger partial charge in [-0.3, -0.25) is 0 Å². The molecule has 0 spiro atoms. The number of aliphatic hydroxyl groups is 1. The van der Waals surface area contributed by atoms with Gasteiger partial charge in [0.2, 0.25) is 0 Å². The quantitative estimate of drug-likeness (QED) is 0.692. The predicted molar refractivity (Wildman–Crippen MR) is 55.2 cm³/mol. The smallest absolute Gasteiger partial charge is 0.0615 e. The van der Waals surface area contributed by atoms with Crippen LogP contribution >= 0.6 is 0 Å². The number of nitrogens with one attached hydrogen (secondary N) is 1. The zero-order valence-electron chi connectivity index (χ0n) is 8.80. The lowest BCUT2D eigenvalue weighted by atomic mass is 9.91. The molecule has 0 aromatic carbocycles. The summed E-state index contributed by atoms with van der Waals surface area (Å²) in [7, 11) is 0. The Morgan fingerprint density at radius 2 is 2.00 bits per heavy atom. The second kappa shape index (κ2) is 4.60. The van der Waals surface area contributed by atoms with Crippen LogP contribution in [0.2, 0.25) is 0 Å². The van der Waals surface area contributed by atoms with Crippen molar-refractivity contribution in [1.29, 1.82) is 0 Å². The van der Waals surface area contributed by atoms with E-state index < -0.39 is 0 Å². The molecule has 0 bridgehead atoms. The molecule has 0 atom stereocenters. The number of hydrogen-bond acceptors (Lipinski definition) is 3. The third-order valence-corrected chi connectivity index (χ3v) is 3.50. The van der Waals surface area contributed by atoms with Crippen molar-refractivity contribution >= 4 is 0 Å². The summed E-state index contributed by atoms with van der Waals surface area (Å²) in [5, 5.41) is 12.9. The Kier molecular flexibility index (Phi) is 3.42. The molecule has 1 aliphatic carbocycles.